The van der Waals surface area contributed by atoms with Crippen LogP contribution in [-0.2, 0) is 0 Å². The fourth-order valence-electron chi connectivity index (χ4n) is 3.58. The zero-order valence-electron chi connectivity index (χ0n) is 16.5. The van der Waals surface area contributed by atoms with E-state index in [1.807, 2.05) is 67.6 Å². The lowest BCUT2D eigenvalue weighted by Crippen LogP contribution is -2.12. The highest BCUT2D eigenvalue weighted by molar-refractivity contribution is 6.32. The van der Waals surface area contributed by atoms with E-state index >= 15 is 0 Å². The predicted molar refractivity (Wildman–Crippen MR) is 120 cm³/mol. The lowest BCUT2D eigenvalue weighted by atomic mass is 10.0. The fraction of sp³-hybridized carbons (Fsp3) is 0.0435. The third-order valence-electron chi connectivity index (χ3n) is 5.04. The van der Waals surface area contributed by atoms with Gasteiger partial charge in [0.1, 0.15) is 5.52 Å². The van der Waals surface area contributed by atoms with Crippen LogP contribution in [0.4, 0.5) is 0 Å². The van der Waals surface area contributed by atoms with Crippen LogP contribution in [0.3, 0.4) is 0 Å². The number of hydrogen-bond acceptors (Lipinski definition) is 4. The molecule has 0 saturated carbocycles. The van der Waals surface area contributed by atoms with Gasteiger partial charge in [-0.1, -0.05) is 58.8 Å². The minimum absolute atomic E-state index is 0.101. The molecule has 0 radical (unpaired) electrons. The molecule has 2 aromatic heterocycles. The molecular formula is C23H17ClN6O. The standard InChI is InChI=1S/C23H17ClN6O/c1-13-5-4-6-14(11-13)20-21(27-23(26-20)22(25)31)15-9-10-17-19(12-15)30(29-28-17)18-8-3-2-7-16(18)24/h2-12H,1H3,(H2,25,31)(H,26,27). The van der Waals surface area contributed by atoms with Gasteiger partial charge in [-0.25, -0.2) is 9.67 Å². The minimum atomic E-state index is -0.621. The van der Waals surface area contributed by atoms with E-state index in [1.165, 1.54) is 0 Å². The number of hydrogen-bond donors (Lipinski definition) is 2. The number of nitrogens with zero attached hydrogens (tertiary/aromatic N) is 4. The SMILES string of the molecule is Cc1cccc(-c2nc(C(N)=O)[nH]c2-c2ccc3nnn(-c4ccccc4Cl)c3c2)c1. The largest absolute Gasteiger partial charge is 0.363 e. The van der Waals surface area contributed by atoms with E-state index in [2.05, 4.69) is 20.3 Å². The maximum Gasteiger partial charge on any atom is 0.284 e. The van der Waals surface area contributed by atoms with Crippen LogP contribution in [0, 0.1) is 6.92 Å². The molecule has 0 fully saturated rings. The number of nitrogens with two attached hydrogens (primary N) is 1. The zero-order valence-corrected chi connectivity index (χ0v) is 17.3. The van der Waals surface area contributed by atoms with E-state index in [1.54, 1.807) is 10.7 Å². The summed E-state index contributed by atoms with van der Waals surface area (Å²) >= 11 is 6.37. The first-order valence-electron chi connectivity index (χ1n) is 9.59. The number of rotatable bonds is 4. The highest BCUT2D eigenvalue weighted by atomic mass is 35.5. The second kappa shape index (κ2) is 7.37. The lowest BCUT2D eigenvalue weighted by molar-refractivity contribution is 0.0991. The molecule has 0 aliphatic rings. The number of imidazole rings is 1. The van der Waals surface area contributed by atoms with Gasteiger partial charge in [-0.2, -0.15) is 0 Å². The van der Waals surface area contributed by atoms with Crippen molar-refractivity contribution in [1.29, 1.82) is 0 Å². The topological polar surface area (TPSA) is 102 Å². The minimum Gasteiger partial charge on any atom is -0.363 e. The summed E-state index contributed by atoms with van der Waals surface area (Å²) in [4.78, 5) is 19.4. The van der Waals surface area contributed by atoms with Crippen LogP contribution < -0.4 is 5.73 Å². The predicted octanol–water partition coefficient (Wildman–Crippen LogP) is 4.54. The first kappa shape index (κ1) is 19.0. The Bertz CT molecular complexity index is 1450. The number of halogens is 1. The summed E-state index contributed by atoms with van der Waals surface area (Å²) in [7, 11) is 0. The van der Waals surface area contributed by atoms with Gasteiger partial charge < -0.3 is 10.7 Å². The average molecular weight is 429 g/mol. The van der Waals surface area contributed by atoms with E-state index < -0.39 is 5.91 Å². The van der Waals surface area contributed by atoms with Gasteiger partial charge in [-0.05, 0) is 37.3 Å². The molecule has 3 aromatic carbocycles. The van der Waals surface area contributed by atoms with Gasteiger partial charge in [0.05, 0.1) is 27.6 Å². The van der Waals surface area contributed by atoms with Crippen molar-refractivity contribution in [3.63, 3.8) is 0 Å². The van der Waals surface area contributed by atoms with Gasteiger partial charge >= 0.3 is 0 Å². The Kier molecular flexibility index (Phi) is 4.52. The van der Waals surface area contributed by atoms with Crippen LogP contribution in [0.1, 0.15) is 16.2 Å². The highest BCUT2D eigenvalue weighted by Gasteiger charge is 2.18. The normalized spacial score (nSPS) is 11.2. The van der Waals surface area contributed by atoms with E-state index in [0.29, 0.717) is 16.4 Å². The molecule has 0 unspecified atom stereocenters. The zero-order chi connectivity index (χ0) is 21.5. The van der Waals surface area contributed by atoms with Crippen LogP contribution >= 0.6 is 11.6 Å². The van der Waals surface area contributed by atoms with Crippen molar-refractivity contribution >= 4 is 28.5 Å². The summed E-state index contributed by atoms with van der Waals surface area (Å²) in [6, 6.07) is 21.1. The van der Waals surface area contributed by atoms with Crippen molar-refractivity contribution in [1.82, 2.24) is 25.0 Å². The van der Waals surface area contributed by atoms with E-state index in [0.717, 1.165) is 33.4 Å². The van der Waals surface area contributed by atoms with Crippen LogP contribution in [0.15, 0.2) is 66.7 Å². The molecule has 0 bridgehead atoms. The summed E-state index contributed by atoms with van der Waals surface area (Å²) in [5.74, 6) is -0.520. The fourth-order valence-corrected chi connectivity index (χ4v) is 3.79. The van der Waals surface area contributed by atoms with Crippen LogP contribution in [0.25, 0.3) is 39.2 Å². The van der Waals surface area contributed by atoms with Crippen molar-refractivity contribution in [3.8, 4) is 28.2 Å². The third-order valence-corrected chi connectivity index (χ3v) is 5.36. The maximum absolute atomic E-state index is 11.8. The Labute approximate surface area is 182 Å². The van der Waals surface area contributed by atoms with Crippen LogP contribution in [-0.4, -0.2) is 30.9 Å². The van der Waals surface area contributed by atoms with Crippen molar-refractivity contribution < 1.29 is 4.79 Å². The third kappa shape index (κ3) is 3.35. The smallest absolute Gasteiger partial charge is 0.284 e. The van der Waals surface area contributed by atoms with Crippen LogP contribution in [0.5, 0.6) is 0 Å². The van der Waals surface area contributed by atoms with Gasteiger partial charge in [0.2, 0.25) is 0 Å². The first-order valence-corrected chi connectivity index (χ1v) is 9.96. The number of para-hydroxylation sites is 1. The van der Waals surface area contributed by atoms with E-state index in [-0.39, 0.29) is 5.82 Å². The van der Waals surface area contributed by atoms with Gasteiger partial charge in [-0.15, -0.1) is 5.10 Å². The van der Waals surface area contributed by atoms with Crippen molar-refractivity contribution in [2.24, 2.45) is 5.73 Å². The molecule has 0 spiro atoms. The second-order valence-corrected chi connectivity index (χ2v) is 7.61. The summed E-state index contributed by atoms with van der Waals surface area (Å²) in [5.41, 5.74) is 11.8. The number of aromatic amines is 1. The summed E-state index contributed by atoms with van der Waals surface area (Å²) in [6.45, 7) is 2.00. The highest BCUT2D eigenvalue weighted by Crippen LogP contribution is 2.33. The quantitative estimate of drug-likeness (QED) is 0.438. The van der Waals surface area contributed by atoms with Gasteiger partial charge in [0.15, 0.2) is 5.82 Å². The molecule has 5 aromatic rings. The van der Waals surface area contributed by atoms with Gasteiger partial charge in [-0.3, -0.25) is 4.79 Å². The van der Waals surface area contributed by atoms with Gasteiger partial charge in [0.25, 0.3) is 5.91 Å². The number of aromatic nitrogens is 5. The Morgan fingerprint density at radius 1 is 1.03 bits per heavy atom. The number of H-pyrrole nitrogens is 1. The maximum atomic E-state index is 11.8. The Hall–Kier alpha value is -3.97. The lowest BCUT2D eigenvalue weighted by Gasteiger charge is -2.07. The molecule has 31 heavy (non-hydrogen) atoms. The number of carbonyl (C=O) groups excluding carboxylic acids is 1. The number of aryl methyl sites for hydroxylation is 1. The molecular weight excluding hydrogens is 412 g/mol. The Balaban J connectivity index is 1.72. The molecule has 5 rings (SSSR count). The Morgan fingerprint density at radius 2 is 1.87 bits per heavy atom. The van der Waals surface area contributed by atoms with Crippen LogP contribution in [0.2, 0.25) is 5.02 Å². The number of carbonyl (C=O) groups is 1. The van der Waals surface area contributed by atoms with Gasteiger partial charge in [0, 0.05) is 11.1 Å². The average Bonchev–Trinajstić information content (AvgIpc) is 3.38. The number of primary amides is 1. The molecule has 152 valence electrons. The number of amides is 1. The van der Waals surface area contributed by atoms with Crippen molar-refractivity contribution in [2.45, 2.75) is 6.92 Å². The first-order chi connectivity index (χ1) is 15.0. The molecule has 2 heterocycles. The number of nitrogens with one attached hydrogen (secondary N) is 1. The number of fused-ring (bicyclic) bond motifs is 1. The molecule has 0 atom stereocenters. The molecule has 1 amide bonds. The van der Waals surface area contributed by atoms with Crippen molar-refractivity contribution in [2.75, 3.05) is 0 Å². The molecule has 0 aliphatic heterocycles. The summed E-state index contributed by atoms with van der Waals surface area (Å²) in [5, 5.41) is 9.09. The van der Waals surface area contributed by atoms with Crippen molar-refractivity contribution in [3.05, 3.63) is 83.1 Å². The van der Waals surface area contributed by atoms with E-state index in [9.17, 15) is 4.79 Å². The molecule has 8 heteroatoms. The number of benzene rings is 3. The second-order valence-electron chi connectivity index (χ2n) is 7.20. The summed E-state index contributed by atoms with van der Waals surface area (Å²) < 4.78 is 1.69. The Morgan fingerprint density at radius 3 is 2.65 bits per heavy atom. The van der Waals surface area contributed by atoms with E-state index in [4.69, 9.17) is 17.3 Å². The monoisotopic (exact) mass is 428 g/mol. The molecule has 0 aliphatic carbocycles. The summed E-state index contributed by atoms with van der Waals surface area (Å²) in [6.07, 6.45) is 0. The molecule has 0 saturated heterocycles. The molecule has 7 nitrogen and oxygen atoms in total. The molecule has 3 N–H and O–H groups in total.